The minimum Gasteiger partial charge on any atom is -0.388 e. The van der Waals surface area contributed by atoms with Crippen molar-refractivity contribution in [2.75, 3.05) is 37.1 Å². The molecule has 7 heteroatoms. The number of carbonyl (C=O) groups excluding carboxylic acids is 2. The minimum absolute atomic E-state index is 0.0322. The van der Waals surface area contributed by atoms with Crippen molar-refractivity contribution in [2.45, 2.75) is 0 Å². The summed E-state index contributed by atoms with van der Waals surface area (Å²) in [5, 5.41) is 3.45. The van der Waals surface area contributed by atoms with Crippen molar-refractivity contribution in [3.8, 4) is 0 Å². The van der Waals surface area contributed by atoms with Crippen molar-refractivity contribution < 1.29 is 14.3 Å². The van der Waals surface area contributed by atoms with Crippen LogP contribution in [0.4, 0.5) is 17.1 Å². The van der Waals surface area contributed by atoms with Crippen molar-refractivity contribution in [1.82, 2.24) is 5.32 Å². The minimum atomic E-state index is -0.427. The highest BCUT2D eigenvalue weighted by molar-refractivity contribution is 6.34. The molecule has 1 N–H and O–H groups in total. The van der Waals surface area contributed by atoms with Gasteiger partial charge in [-0.3, -0.25) is 14.5 Å². The normalized spacial score (nSPS) is 15.7. The molecule has 0 spiro atoms. The van der Waals surface area contributed by atoms with Crippen LogP contribution >= 0.6 is 11.6 Å². The largest absolute Gasteiger partial charge is 0.388 e. The SMILES string of the molecule is COCCN/C=C1/C(=O)N(C)c2ccc(Cl)cc2N(c2ccccc2)C1=O. The molecule has 0 aromatic heterocycles. The number of amides is 2. The van der Waals surface area contributed by atoms with E-state index in [-0.39, 0.29) is 5.57 Å². The van der Waals surface area contributed by atoms with Gasteiger partial charge in [-0.05, 0) is 30.3 Å². The van der Waals surface area contributed by atoms with E-state index in [1.54, 1.807) is 32.4 Å². The Labute approximate surface area is 163 Å². The highest BCUT2D eigenvalue weighted by atomic mass is 35.5. The van der Waals surface area contributed by atoms with Gasteiger partial charge in [-0.25, -0.2) is 0 Å². The van der Waals surface area contributed by atoms with Crippen LogP contribution in [-0.4, -0.2) is 39.1 Å². The number of benzene rings is 2. The van der Waals surface area contributed by atoms with E-state index in [0.29, 0.717) is 35.2 Å². The fraction of sp³-hybridized carbons (Fsp3) is 0.200. The van der Waals surface area contributed by atoms with E-state index < -0.39 is 11.8 Å². The molecule has 3 rings (SSSR count). The fourth-order valence-corrected chi connectivity index (χ4v) is 3.03. The van der Waals surface area contributed by atoms with E-state index in [0.717, 1.165) is 0 Å². The first-order valence-corrected chi connectivity index (χ1v) is 8.82. The lowest BCUT2D eigenvalue weighted by atomic mass is 10.2. The van der Waals surface area contributed by atoms with Crippen LogP contribution < -0.4 is 15.1 Å². The number of halogens is 1. The number of rotatable bonds is 5. The molecule has 1 aliphatic heterocycles. The highest BCUT2D eigenvalue weighted by Crippen LogP contribution is 2.39. The Balaban J connectivity index is 2.13. The summed E-state index contributed by atoms with van der Waals surface area (Å²) < 4.78 is 4.99. The Hall–Kier alpha value is -2.83. The second-order valence-electron chi connectivity index (χ2n) is 5.98. The van der Waals surface area contributed by atoms with E-state index >= 15 is 0 Å². The third kappa shape index (κ3) is 3.82. The number of hydrogen-bond donors (Lipinski definition) is 1. The zero-order valence-electron chi connectivity index (χ0n) is 15.1. The van der Waals surface area contributed by atoms with Gasteiger partial charge in [-0.2, -0.15) is 0 Å². The standard InChI is InChI=1S/C20H20ClN3O3/c1-23-17-9-8-14(21)12-18(17)24(15-6-4-3-5-7-15)20(26)16(19(23)25)13-22-10-11-27-2/h3-9,12-13,22H,10-11H2,1-2H3/b16-13-. The van der Waals surface area contributed by atoms with Crippen LogP contribution in [0.15, 0.2) is 60.3 Å². The molecule has 1 aliphatic rings. The molecule has 2 aromatic carbocycles. The first-order chi connectivity index (χ1) is 13.0. The fourth-order valence-electron chi connectivity index (χ4n) is 2.86. The molecule has 140 valence electrons. The summed E-state index contributed by atoms with van der Waals surface area (Å²) in [4.78, 5) is 29.2. The molecule has 0 aliphatic carbocycles. The van der Waals surface area contributed by atoms with Crippen molar-refractivity contribution >= 4 is 40.5 Å². The quantitative estimate of drug-likeness (QED) is 0.488. The molecule has 0 saturated carbocycles. The number of anilines is 3. The summed E-state index contributed by atoms with van der Waals surface area (Å²) in [7, 11) is 3.22. The Morgan fingerprint density at radius 2 is 1.81 bits per heavy atom. The van der Waals surface area contributed by atoms with E-state index in [1.165, 1.54) is 16.0 Å². The maximum absolute atomic E-state index is 13.3. The molecule has 0 saturated heterocycles. The maximum atomic E-state index is 13.3. The van der Waals surface area contributed by atoms with E-state index in [1.807, 2.05) is 30.3 Å². The summed E-state index contributed by atoms with van der Waals surface area (Å²) in [6.45, 7) is 0.939. The van der Waals surface area contributed by atoms with Crippen LogP contribution in [-0.2, 0) is 14.3 Å². The molecule has 0 radical (unpaired) electrons. The Bertz CT molecular complexity index is 883. The molecule has 27 heavy (non-hydrogen) atoms. The molecule has 0 atom stereocenters. The second-order valence-corrected chi connectivity index (χ2v) is 6.41. The third-order valence-corrected chi connectivity index (χ3v) is 4.45. The molecule has 0 bridgehead atoms. The van der Waals surface area contributed by atoms with Crippen molar-refractivity contribution in [1.29, 1.82) is 0 Å². The first-order valence-electron chi connectivity index (χ1n) is 8.44. The monoisotopic (exact) mass is 385 g/mol. The lowest BCUT2D eigenvalue weighted by Gasteiger charge is -2.24. The topological polar surface area (TPSA) is 61.9 Å². The molecule has 0 unspecified atom stereocenters. The molecule has 2 amide bonds. The van der Waals surface area contributed by atoms with Crippen LogP contribution in [0.2, 0.25) is 5.02 Å². The van der Waals surface area contributed by atoms with Gasteiger partial charge >= 0.3 is 0 Å². The van der Waals surface area contributed by atoms with E-state index in [9.17, 15) is 9.59 Å². The van der Waals surface area contributed by atoms with Gasteiger partial charge < -0.3 is 15.0 Å². The van der Waals surface area contributed by atoms with Gasteiger partial charge in [0.1, 0.15) is 5.57 Å². The number of methoxy groups -OCH3 is 1. The zero-order valence-corrected chi connectivity index (χ0v) is 15.9. The molecule has 2 aromatic rings. The predicted octanol–water partition coefficient (Wildman–Crippen LogP) is 3.10. The summed E-state index contributed by atoms with van der Waals surface area (Å²) in [5.74, 6) is -0.823. The number of fused-ring (bicyclic) bond motifs is 1. The highest BCUT2D eigenvalue weighted by Gasteiger charge is 2.35. The molecular weight excluding hydrogens is 366 g/mol. The van der Waals surface area contributed by atoms with Crippen molar-refractivity contribution in [3.05, 3.63) is 65.3 Å². The summed E-state index contributed by atoms with van der Waals surface area (Å²) in [5.41, 5.74) is 1.83. The van der Waals surface area contributed by atoms with Gasteiger partial charge in [0, 0.05) is 37.6 Å². The Kier molecular flexibility index (Phi) is 5.78. The van der Waals surface area contributed by atoms with Gasteiger partial charge in [0.25, 0.3) is 11.8 Å². The zero-order chi connectivity index (χ0) is 19.4. The third-order valence-electron chi connectivity index (χ3n) is 4.22. The van der Waals surface area contributed by atoms with Gasteiger partial charge in [0.05, 0.1) is 18.0 Å². The number of para-hydroxylation sites is 1. The summed E-state index contributed by atoms with van der Waals surface area (Å²) >= 11 is 6.19. The maximum Gasteiger partial charge on any atom is 0.269 e. The van der Waals surface area contributed by atoms with Gasteiger partial charge in [0.15, 0.2) is 0 Å². The number of carbonyl (C=O) groups is 2. The molecule has 1 heterocycles. The number of likely N-dealkylation sites (N-methyl/N-ethyl adjacent to an activating group) is 1. The predicted molar refractivity (Wildman–Crippen MR) is 106 cm³/mol. The average molecular weight is 386 g/mol. The summed E-state index contributed by atoms with van der Waals surface area (Å²) in [6, 6.07) is 14.3. The average Bonchev–Trinajstić information content (AvgIpc) is 2.74. The van der Waals surface area contributed by atoms with Crippen LogP contribution in [0.3, 0.4) is 0 Å². The molecule has 0 fully saturated rings. The second kappa shape index (κ2) is 8.24. The van der Waals surface area contributed by atoms with E-state index in [2.05, 4.69) is 5.32 Å². The van der Waals surface area contributed by atoms with Gasteiger partial charge in [0.2, 0.25) is 0 Å². The van der Waals surface area contributed by atoms with Crippen LogP contribution in [0.1, 0.15) is 0 Å². The number of nitrogens with one attached hydrogen (secondary N) is 1. The Morgan fingerprint density at radius 1 is 1.07 bits per heavy atom. The van der Waals surface area contributed by atoms with Crippen molar-refractivity contribution in [2.24, 2.45) is 0 Å². The molecular formula is C20H20ClN3O3. The summed E-state index contributed by atoms with van der Waals surface area (Å²) in [6.07, 6.45) is 1.45. The van der Waals surface area contributed by atoms with Crippen LogP contribution in [0.5, 0.6) is 0 Å². The lowest BCUT2D eigenvalue weighted by Crippen LogP contribution is -2.33. The lowest BCUT2D eigenvalue weighted by molar-refractivity contribution is -0.120. The molecule has 6 nitrogen and oxygen atoms in total. The number of nitrogens with zero attached hydrogens (tertiary/aromatic N) is 2. The van der Waals surface area contributed by atoms with E-state index in [4.69, 9.17) is 16.3 Å². The van der Waals surface area contributed by atoms with Gasteiger partial charge in [-0.1, -0.05) is 29.8 Å². The van der Waals surface area contributed by atoms with Gasteiger partial charge in [-0.15, -0.1) is 0 Å². The Morgan fingerprint density at radius 3 is 2.52 bits per heavy atom. The number of ether oxygens (including phenoxy) is 1. The number of hydrogen-bond acceptors (Lipinski definition) is 4. The van der Waals surface area contributed by atoms with Crippen LogP contribution in [0, 0.1) is 0 Å². The van der Waals surface area contributed by atoms with Crippen molar-refractivity contribution in [3.63, 3.8) is 0 Å². The first kappa shape index (κ1) is 18.9. The smallest absolute Gasteiger partial charge is 0.269 e. The van der Waals surface area contributed by atoms with Crippen LogP contribution in [0.25, 0.3) is 0 Å².